The largest absolute Gasteiger partial charge is 0.489 e. The third-order valence-electron chi connectivity index (χ3n) is 4.90. The van der Waals surface area contributed by atoms with Crippen LogP contribution in [0.15, 0.2) is 47.8 Å². The van der Waals surface area contributed by atoms with Gasteiger partial charge in [0.25, 0.3) is 5.91 Å². The first kappa shape index (κ1) is 25.2. The molecule has 1 aromatic heterocycles. The van der Waals surface area contributed by atoms with E-state index in [2.05, 4.69) is 21.7 Å². The summed E-state index contributed by atoms with van der Waals surface area (Å²) in [5.74, 6) is -0.212. The molecule has 2 N–H and O–H groups in total. The predicted molar refractivity (Wildman–Crippen MR) is 133 cm³/mol. The maximum atomic E-state index is 12.8. The van der Waals surface area contributed by atoms with E-state index in [0.29, 0.717) is 22.8 Å². The molecule has 1 atom stereocenters. The zero-order valence-electron chi connectivity index (χ0n) is 19.1. The lowest BCUT2D eigenvalue weighted by Crippen LogP contribution is -2.47. The van der Waals surface area contributed by atoms with Gasteiger partial charge in [0.15, 0.2) is 0 Å². The number of benzene rings is 2. The van der Waals surface area contributed by atoms with Crippen molar-refractivity contribution in [1.29, 1.82) is 5.26 Å². The van der Waals surface area contributed by atoms with Crippen LogP contribution in [0.5, 0.6) is 5.75 Å². The van der Waals surface area contributed by atoms with Gasteiger partial charge in [-0.25, -0.2) is 4.98 Å². The zero-order chi connectivity index (χ0) is 24.7. The summed E-state index contributed by atoms with van der Waals surface area (Å²) in [7, 11) is 1.53. The van der Waals surface area contributed by atoms with Crippen LogP contribution < -0.4 is 15.4 Å². The van der Waals surface area contributed by atoms with Crippen LogP contribution in [0.2, 0.25) is 5.02 Å². The van der Waals surface area contributed by atoms with E-state index in [1.54, 1.807) is 12.1 Å². The van der Waals surface area contributed by atoms with Gasteiger partial charge in [-0.1, -0.05) is 35.9 Å². The van der Waals surface area contributed by atoms with Crippen LogP contribution in [0.25, 0.3) is 11.3 Å². The molecule has 9 heteroatoms. The molecule has 1 unspecified atom stereocenters. The Hall–Kier alpha value is -3.41. The van der Waals surface area contributed by atoms with Crippen LogP contribution >= 0.6 is 22.9 Å². The maximum Gasteiger partial charge on any atom is 0.251 e. The van der Waals surface area contributed by atoms with Gasteiger partial charge in [-0.05, 0) is 37.6 Å². The second-order valence-corrected chi connectivity index (χ2v) is 9.16. The van der Waals surface area contributed by atoms with E-state index < -0.39 is 11.9 Å². The van der Waals surface area contributed by atoms with E-state index in [-0.39, 0.29) is 18.4 Å². The number of ether oxygens (including phenoxy) is 1. The lowest BCUT2D eigenvalue weighted by atomic mass is 10.0. The van der Waals surface area contributed by atoms with E-state index in [0.717, 1.165) is 21.8 Å². The van der Waals surface area contributed by atoms with Gasteiger partial charge in [0.05, 0.1) is 29.3 Å². The predicted octanol–water partition coefficient (Wildman–Crippen LogP) is 4.40. The summed E-state index contributed by atoms with van der Waals surface area (Å²) < 4.78 is 5.60. The van der Waals surface area contributed by atoms with Crippen molar-refractivity contribution in [1.82, 2.24) is 15.6 Å². The number of nitrogens with one attached hydrogen (secondary N) is 2. The topological polar surface area (TPSA) is 104 Å². The average molecular weight is 497 g/mol. The first-order valence-corrected chi connectivity index (χ1v) is 12.0. The van der Waals surface area contributed by atoms with Crippen LogP contribution in [0.3, 0.4) is 0 Å². The monoisotopic (exact) mass is 496 g/mol. The number of aromatic nitrogens is 1. The Balaban J connectivity index is 1.71. The molecule has 1 heterocycles. The number of likely N-dealkylation sites (N-methyl/N-ethyl adjacent to an activating group) is 1. The van der Waals surface area contributed by atoms with Crippen LogP contribution in [0.1, 0.15) is 34.8 Å². The molecule has 0 aliphatic heterocycles. The molecule has 0 fully saturated rings. The minimum absolute atomic E-state index is 0.0451. The Morgan fingerprint density at radius 1 is 1.21 bits per heavy atom. The van der Waals surface area contributed by atoms with Crippen LogP contribution in [-0.4, -0.2) is 36.0 Å². The maximum absolute atomic E-state index is 12.8. The van der Waals surface area contributed by atoms with E-state index in [1.165, 1.54) is 24.5 Å². The Bertz CT molecular complexity index is 1200. The Morgan fingerprint density at radius 3 is 2.56 bits per heavy atom. The van der Waals surface area contributed by atoms with Crippen molar-refractivity contribution in [3.8, 4) is 23.1 Å². The number of amides is 2. The van der Waals surface area contributed by atoms with Crippen LogP contribution in [0, 0.1) is 11.3 Å². The second-order valence-electron chi connectivity index (χ2n) is 7.81. The molecule has 176 valence electrons. The second kappa shape index (κ2) is 11.6. The summed E-state index contributed by atoms with van der Waals surface area (Å²) in [6.07, 6.45) is 0.552. The highest BCUT2D eigenvalue weighted by atomic mass is 35.5. The summed E-state index contributed by atoms with van der Waals surface area (Å²) in [5, 5.41) is 17.2. The highest BCUT2D eigenvalue weighted by molar-refractivity contribution is 7.10. The first-order chi connectivity index (χ1) is 16.3. The molecule has 3 rings (SSSR count). The number of thiazole rings is 1. The molecule has 0 spiro atoms. The summed E-state index contributed by atoms with van der Waals surface area (Å²) >= 11 is 7.70. The highest BCUT2D eigenvalue weighted by Gasteiger charge is 2.22. The van der Waals surface area contributed by atoms with Gasteiger partial charge in [-0.3, -0.25) is 9.59 Å². The molecule has 7 nitrogen and oxygen atoms in total. The van der Waals surface area contributed by atoms with E-state index in [1.807, 2.05) is 43.5 Å². The standard InChI is InChI=1S/C25H25ClN4O3S/c1-15(2)33-22-9-8-18(13-19(22)26)24(31)30-20(25(32)28-3)12-16-4-6-17(7-5-16)21-14-34-23(29-21)10-11-27/h4-9,13-15,20H,10,12H2,1-3H3,(H,28,32)(H,30,31). The third-order valence-corrected chi connectivity index (χ3v) is 6.04. The van der Waals surface area contributed by atoms with Crippen molar-refractivity contribution in [3.63, 3.8) is 0 Å². The van der Waals surface area contributed by atoms with Crippen molar-refractivity contribution < 1.29 is 14.3 Å². The van der Waals surface area contributed by atoms with E-state index >= 15 is 0 Å². The van der Waals surface area contributed by atoms with Gasteiger partial charge in [0.2, 0.25) is 5.91 Å². The summed E-state index contributed by atoms with van der Waals surface area (Å²) in [6, 6.07) is 13.7. The van der Waals surface area contributed by atoms with Gasteiger partial charge >= 0.3 is 0 Å². The number of hydrogen-bond acceptors (Lipinski definition) is 6. The Morgan fingerprint density at radius 2 is 1.94 bits per heavy atom. The highest BCUT2D eigenvalue weighted by Crippen LogP contribution is 2.27. The fraction of sp³-hybridized carbons (Fsp3) is 0.280. The zero-order valence-corrected chi connectivity index (χ0v) is 20.7. The molecule has 2 aromatic carbocycles. The van der Waals surface area contributed by atoms with Crippen molar-refractivity contribution in [2.75, 3.05) is 7.05 Å². The fourth-order valence-corrected chi connectivity index (χ4v) is 4.22. The van der Waals surface area contributed by atoms with Crippen molar-refractivity contribution >= 4 is 34.8 Å². The number of halogens is 1. The molecule has 0 bridgehead atoms. The summed E-state index contributed by atoms with van der Waals surface area (Å²) in [6.45, 7) is 3.78. The van der Waals surface area contributed by atoms with Crippen LogP contribution in [0.4, 0.5) is 0 Å². The number of nitrogens with zero attached hydrogens (tertiary/aromatic N) is 2. The number of rotatable bonds is 9. The van der Waals surface area contributed by atoms with Crippen molar-refractivity contribution in [3.05, 3.63) is 69.0 Å². The number of carbonyl (C=O) groups is 2. The molecule has 34 heavy (non-hydrogen) atoms. The fourth-order valence-electron chi connectivity index (χ4n) is 3.26. The Kier molecular flexibility index (Phi) is 8.63. The first-order valence-electron chi connectivity index (χ1n) is 10.7. The van der Waals surface area contributed by atoms with Crippen LogP contribution in [-0.2, 0) is 17.6 Å². The number of nitriles is 1. The lowest BCUT2D eigenvalue weighted by molar-refractivity contribution is -0.122. The molecule has 0 aliphatic rings. The number of carbonyl (C=O) groups excluding carboxylic acids is 2. The van der Waals surface area contributed by atoms with Gasteiger partial charge in [-0.2, -0.15) is 5.26 Å². The van der Waals surface area contributed by atoms with Crippen molar-refractivity contribution in [2.45, 2.75) is 38.8 Å². The minimum atomic E-state index is -0.768. The van der Waals surface area contributed by atoms with E-state index in [4.69, 9.17) is 21.6 Å². The average Bonchev–Trinajstić information content (AvgIpc) is 3.28. The van der Waals surface area contributed by atoms with E-state index in [9.17, 15) is 9.59 Å². The smallest absolute Gasteiger partial charge is 0.251 e. The van der Waals surface area contributed by atoms with Gasteiger partial charge in [0.1, 0.15) is 16.8 Å². The quantitative estimate of drug-likeness (QED) is 0.456. The molecule has 0 saturated heterocycles. The molecule has 0 saturated carbocycles. The van der Waals surface area contributed by atoms with Gasteiger partial charge in [0, 0.05) is 30.0 Å². The third kappa shape index (κ3) is 6.56. The lowest BCUT2D eigenvalue weighted by Gasteiger charge is -2.18. The summed E-state index contributed by atoms with van der Waals surface area (Å²) in [5.41, 5.74) is 2.94. The minimum Gasteiger partial charge on any atom is -0.489 e. The summed E-state index contributed by atoms with van der Waals surface area (Å²) in [4.78, 5) is 29.8. The Labute approximate surface area is 207 Å². The molecular formula is C25H25ClN4O3S. The van der Waals surface area contributed by atoms with Crippen molar-refractivity contribution in [2.24, 2.45) is 0 Å². The van der Waals surface area contributed by atoms with Gasteiger partial charge < -0.3 is 15.4 Å². The SMILES string of the molecule is CNC(=O)C(Cc1ccc(-c2csc(CC#N)n2)cc1)NC(=O)c1ccc(OC(C)C)c(Cl)c1. The van der Waals surface area contributed by atoms with Gasteiger partial charge in [-0.15, -0.1) is 11.3 Å². The normalized spacial score (nSPS) is 11.5. The molecular weight excluding hydrogens is 472 g/mol. The molecule has 0 radical (unpaired) electrons. The molecule has 0 aliphatic carbocycles. The molecule has 2 amide bonds. The molecule has 3 aromatic rings. The number of hydrogen-bond donors (Lipinski definition) is 2.